The van der Waals surface area contributed by atoms with Gasteiger partial charge in [-0.25, -0.2) is 0 Å². The first-order chi connectivity index (χ1) is 13.1. The summed E-state index contributed by atoms with van der Waals surface area (Å²) in [5, 5.41) is 3.59. The molecule has 1 atom stereocenters. The number of aryl methyl sites for hydroxylation is 1. The van der Waals surface area contributed by atoms with Crippen molar-refractivity contribution in [1.82, 2.24) is 4.90 Å². The van der Waals surface area contributed by atoms with Crippen molar-refractivity contribution in [3.63, 3.8) is 0 Å². The van der Waals surface area contributed by atoms with Gasteiger partial charge in [-0.3, -0.25) is 9.69 Å². The molecule has 1 aliphatic rings. The molecule has 1 amide bonds. The lowest BCUT2D eigenvalue weighted by Crippen LogP contribution is -2.48. The van der Waals surface area contributed by atoms with Gasteiger partial charge in [0, 0.05) is 13.1 Å². The van der Waals surface area contributed by atoms with E-state index in [1.807, 2.05) is 6.07 Å². The van der Waals surface area contributed by atoms with Crippen LogP contribution >= 0.6 is 23.2 Å². The highest BCUT2D eigenvalue weighted by Gasteiger charge is 2.27. The Morgan fingerprint density at radius 3 is 2.74 bits per heavy atom. The average molecular weight is 407 g/mol. The third kappa shape index (κ3) is 5.94. The monoisotopic (exact) mass is 406 g/mol. The molecular weight excluding hydrogens is 383 g/mol. The van der Waals surface area contributed by atoms with Crippen LogP contribution in [-0.4, -0.2) is 43.2 Å². The van der Waals surface area contributed by atoms with E-state index in [-0.39, 0.29) is 5.91 Å². The Hall–Kier alpha value is -1.59. The molecule has 1 heterocycles. The number of hydrogen-bond acceptors (Lipinski definition) is 3. The maximum Gasteiger partial charge on any atom is 0.254 e. The van der Waals surface area contributed by atoms with E-state index in [0.717, 1.165) is 32.4 Å². The summed E-state index contributed by atoms with van der Waals surface area (Å²) in [6.45, 7) is 2.97. The van der Waals surface area contributed by atoms with Gasteiger partial charge in [0.05, 0.1) is 22.3 Å². The normalized spacial score (nSPS) is 17.6. The zero-order chi connectivity index (χ0) is 19.1. The zero-order valence-corrected chi connectivity index (χ0v) is 16.7. The fraction of sp³-hybridized carbons (Fsp3) is 0.381. The summed E-state index contributed by atoms with van der Waals surface area (Å²) in [6.07, 6.45) is 2.82. The molecule has 4 nitrogen and oxygen atoms in total. The third-order valence-electron chi connectivity index (χ3n) is 4.69. The van der Waals surface area contributed by atoms with Crippen LogP contribution in [0.1, 0.15) is 18.4 Å². The van der Waals surface area contributed by atoms with Crippen molar-refractivity contribution < 1.29 is 9.53 Å². The second kappa shape index (κ2) is 10.1. The lowest BCUT2D eigenvalue weighted by atomic mass is 10.1. The Bertz CT molecular complexity index is 755. The van der Waals surface area contributed by atoms with Crippen molar-refractivity contribution in [3.05, 3.63) is 64.1 Å². The van der Waals surface area contributed by atoms with Crippen LogP contribution in [0, 0.1) is 0 Å². The standard InChI is InChI=1S/C21H24Cl2N2O2/c22-17-10-6-11-18(20(17)23)24-21(26)19-15-25(13-14-27-19)12-5-4-9-16-7-2-1-3-8-16/h1-3,6-8,10-11,19H,4-5,9,12-15H2,(H,24,26). The lowest BCUT2D eigenvalue weighted by molar-refractivity contribution is -0.133. The molecule has 0 radical (unpaired) electrons. The number of unbranched alkanes of at least 4 members (excludes halogenated alkanes) is 1. The predicted octanol–water partition coefficient (Wildman–Crippen LogP) is 4.66. The second-order valence-corrected chi connectivity index (χ2v) is 7.48. The molecule has 0 bridgehead atoms. The summed E-state index contributed by atoms with van der Waals surface area (Å²) in [6, 6.07) is 15.7. The molecule has 1 aliphatic heterocycles. The fourth-order valence-electron chi connectivity index (χ4n) is 3.19. The summed E-state index contributed by atoms with van der Waals surface area (Å²) in [5.41, 5.74) is 1.88. The van der Waals surface area contributed by atoms with Crippen LogP contribution in [0.3, 0.4) is 0 Å². The number of carbonyl (C=O) groups is 1. The average Bonchev–Trinajstić information content (AvgIpc) is 2.70. The number of carbonyl (C=O) groups excluding carboxylic acids is 1. The van der Waals surface area contributed by atoms with Crippen molar-refractivity contribution in [3.8, 4) is 0 Å². The number of rotatable bonds is 7. The number of ether oxygens (including phenoxy) is 1. The van der Waals surface area contributed by atoms with Gasteiger partial charge in [0.1, 0.15) is 6.10 Å². The SMILES string of the molecule is O=C(Nc1cccc(Cl)c1Cl)C1CN(CCCCc2ccccc2)CCO1. The Morgan fingerprint density at radius 2 is 1.93 bits per heavy atom. The topological polar surface area (TPSA) is 41.6 Å². The number of amides is 1. The van der Waals surface area contributed by atoms with E-state index in [1.54, 1.807) is 18.2 Å². The highest BCUT2D eigenvalue weighted by atomic mass is 35.5. The highest BCUT2D eigenvalue weighted by molar-refractivity contribution is 6.44. The molecule has 0 spiro atoms. The molecule has 2 aromatic rings. The molecular formula is C21H24Cl2N2O2. The summed E-state index contributed by atoms with van der Waals surface area (Å²) < 4.78 is 5.66. The number of nitrogens with one attached hydrogen (secondary N) is 1. The van der Waals surface area contributed by atoms with Gasteiger partial charge in [0.2, 0.25) is 0 Å². The van der Waals surface area contributed by atoms with Gasteiger partial charge < -0.3 is 10.1 Å². The number of nitrogens with zero attached hydrogens (tertiary/aromatic N) is 1. The van der Waals surface area contributed by atoms with Crippen molar-refractivity contribution in [1.29, 1.82) is 0 Å². The van der Waals surface area contributed by atoms with Crippen molar-refractivity contribution in [2.24, 2.45) is 0 Å². The summed E-state index contributed by atoms with van der Waals surface area (Å²) in [7, 11) is 0. The summed E-state index contributed by atoms with van der Waals surface area (Å²) in [4.78, 5) is 14.8. The van der Waals surface area contributed by atoms with Gasteiger partial charge in [-0.15, -0.1) is 0 Å². The first-order valence-corrected chi connectivity index (χ1v) is 10.0. The van der Waals surface area contributed by atoms with Gasteiger partial charge in [0.25, 0.3) is 5.91 Å². The maximum atomic E-state index is 12.5. The molecule has 1 N–H and O–H groups in total. The first kappa shape index (κ1) is 20.2. The molecule has 1 fully saturated rings. The molecule has 0 aromatic heterocycles. The van der Waals surface area contributed by atoms with E-state index < -0.39 is 6.10 Å². The fourth-order valence-corrected chi connectivity index (χ4v) is 3.53. The van der Waals surface area contributed by atoms with Gasteiger partial charge in [-0.05, 0) is 43.5 Å². The Labute approximate surface area is 170 Å². The minimum atomic E-state index is -0.497. The lowest BCUT2D eigenvalue weighted by Gasteiger charge is -2.32. The van der Waals surface area contributed by atoms with Crippen LogP contribution < -0.4 is 5.32 Å². The van der Waals surface area contributed by atoms with Gasteiger partial charge in [0.15, 0.2) is 0 Å². The van der Waals surface area contributed by atoms with Crippen LogP contribution in [0.2, 0.25) is 10.0 Å². The molecule has 0 aliphatic carbocycles. The van der Waals surface area contributed by atoms with Crippen molar-refractivity contribution in [2.75, 3.05) is 31.6 Å². The number of anilines is 1. The Morgan fingerprint density at radius 1 is 1.11 bits per heavy atom. The number of halogens is 2. The summed E-state index contributed by atoms with van der Waals surface area (Å²) >= 11 is 12.1. The van der Waals surface area contributed by atoms with E-state index in [4.69, 9.17) is 27.9 Å². The molecule has 3 rings (SSSR count). The van der Waals surface area contributed by atoms with Crippen LogP contribution in [-0.2, 0) is 16.0 Å². The molecule has 2 aromatic carbocycles. The number of hydrogen-bond donors (Lipinski definition) is 1. The second-order valence-electron chi connectivity index (χ2n) is 6.69. The van der Waals surface area contributed by atoms with Crippen LogP contribution in [0.4, 0.5) is 5.69 Å². The minimum Gasteiger partial charge on any atom is -0.366 e. The van der Waals surface area contributed by atoms with E-state index in [9.17, 15) is 4.79 Å². The Balaban J connectivity index is 1.44. The van der Waals surface area contributed by atoms with Gasteiger partial charge in [-0.2, -0.15) is 0 Å². The minimum absolute atomic E-state index is 0.187. The molecule has 1 saturated heterocycles. The molecule has 27 heavy (non-hydrogen) atoms. The van der Waals surface area contributed by atoms with Crippen molar-refractivity contribution >= 4 is 34.8 Å². The zero-order valence-electron chi connectivity index (χ0n) is 15.2. The van der Waals surface area contributed by atoms with Crippen LogP contribution in [0.5, 0.6) is 0 Å². The largest absolute Gasteiger partial charge is 0.366 e. The number of benzene rings is 2. The molecule has 144 valence electrons. The molecule has 6 heteroatoms. The van der Waals surface area contributed by atoms with E-state index in [2.05, 4.69) is 34.5 Å². The van der Waals surface area contributed by atoms with E-state index in [1.165, 1.54) is 5.56 Å². The van der Waals surface area contributed by atoms with Gasteiger partial charge in [-0.1, -0.05) is 59.6 Å². The summed E-state index contributed by atoms with van der Waals surface area (Å²) in [5.74, 6) is -0.187. The first-order valence-electron chi connectivity index (χ1n) is 9.26. The smallest absolute Gasteiger partial charge is 0.254 e. The third-order valence-corrected chi connectivity index (χ3v) is 5.50. The van der Waals surface area contributed by atoms with E-state index in [0.29, 0.717) is 28.9 Å². The quantitative estimate of drug-likeness (QED) is 0.679. The molecule has 1 unspecified atom stereocenters. The van der Waals surface area contributed by atoms with Gasteiger partial charge >= 0.3 is 0 Å². The van der Waals surface area contributed by atoms with Crippen LogP contribution in [0.15, 0.2) is 48.5 Å². The molecule has 0 saturated carbocycles. The maximum absolute atomic E-state index is 12.5. The number of morpholine rings is 1. The predicted molar refractivity (Wildman–Crippen MR) is 111 cm³/mol. The van der Waals surface area contributed by atoms with Crippen LogP contribution in [0.25, 0.3) is 0 Å². The van der Waals surface area contributed by atoms with Crippen molar-refractivity contribution in [2.45, 2.75) is 25.4 Å². The van der Waals surface area contributed by atoms with E-state index >= 15 is 0 Å². The Kier molecular flexibility index (Phi) is 7.53. The highest BCUT2D eigenvalue weighted by Crippen LogP contribution is 2.29.